The molecule has 0 spiro atoms. The molecular formula is C17H22N4O2. The number of hydrogen-bond donors (Lipinski definition) is 1. The molecule has 6 heteroatoms. The van der Waals surface area contributed by atoms with E-state index in [4.69, 9.17) is 0 Å². The Morgan fingerprint density at radius 1 is 1.30 bits per heavy atom. The van der Waals surface area contributed by atoms with E-state index in [1.165, 1.54) is 4.68 Å². The second-order valence-electron chi connectivity index (χ2n) is 6.29. The Hall–Kier alpha value is -2.21. The van der Waals surface area contributed by atoms with Gasteiger partial charge >= 0.3 is 0 Å². The number of fused-ring (bicyclic) bond motifs is 1. The van der Waals surface area contributed by atoms with Gasteiger partial charge in [0.25, 0.3) is 11.5 Å². The second-order valence-corrected chi connectivity index (χ2v) is 6.29. The van der Waals surface area contributed by atoms with Gasteiger partial charge in [0.2, 0.25) is 0 Å². The fraction of sp³-hybridized carbons (Fsp3) is 0.471. The van der Waals surface area contributed by atoms with E-state index in [2.05, 4.69) is 10.4 Å². The zero-order valence-electron chi connectivity index (χ0n) is 13.7. The van der Waals surface area contributed by atoms with E-state index < -0.39 is 0 Å². The van der Waals surface area contributed by atoms with Crippen LogP contribution in [0.3, 0.4) is 0 Å². The van der Waals surface area contributed by atoms with Gasteiger partial charge in [-0.3, -0.25) is 9.59 Å². The van der Waals surface area contributed by atoms with Crippen molar-refractivity contribution in [1.82, 2.24) is 20.0 Å². The molecule has 3 rings (SSSR count). The van der Waals surface area contributed by atoms with Crippen molar-refractivity contribution in [2.24, 2.45) is 0 Å². The van der Waals surface area contributed by atoms with Gasteiger partial charge < -0.3 is 10.2 Å². The number of nitrogens with one attached hydrogen (secondary N) is 1. The van der Waals surface area contributed by atoms with Crippen molar-refractivity contribution in [2.45, 2.75) is 32.9 Å². The maximum Gasteiger partial charge on any atom is 0.275 e. The molecule has 1 N–H and O–H groups in total. The molecule has 23 heavy (non-hydrogen) atoms. The number of carbonyl (C=O) groups is 1. The van der Waals surface area contributed by atoms with E-state index in [0.29, 0.717) is 23.0 Å². The number of piperazine rings is 1. The van der Waals surface area contributed by atoms with Gasteiger partial charge in [-0.15, -0.1) is 0 Å². The first-order valence-corrected chi connectivity index (χ1v) is 8.04. The molecule has 2 heterocycles. The molecule has 1 amide bonds. The number of aromatic nitrogens is 2. The molecular weight excluding hydrogens is 292 g/mol. The second kappa shape index (κ2) is 6.12. The molecule has 1 aromatic heterocycles. The fourth-order valence-corrected chi connectivity index (χ4v) is 2.99. The molecule has 0 unspecified atom stereocenters. The molecule has 0 bridgehead atoms. The van der Waals surface area contributed by atoms with Crippen LogP contribution >= 0.6 is 0 Å². The van der Waals surface area contributed by atoms with Crippen molar-refractivity contribution in [2.75, 3.05) is 19.6 Å². The van der Waals surface area contributed by atoms with Crippen LogP contribution in [0.2, 0.25) is 0 Å². The highest BCUT2D eigenvalue weighted by molar-refractivity contribution is 6.04. The van der Waals surface area contributed by atoms with Crippen molar-refractivity contribution in [1.29, 1.82) is 0 Å². The number of rotatable bonds is 2. The molecule has 122 valence electrons. The Labute approximate surface area is 135 Å². The van der Waals surface area contributed by atoms with Gasteiger partial charge in [0.1, 0.15) is 0 Å². The Balaban J connectivity index is 2.18. The van der Waals surface area contributed by atoms with Gasteiger partial charge in [-0.2, -0.15) is 5.10 Å². The van der Waals surface area contributed by atoms with Gasteiger partial charge in [0.05, 0.1) is 11.4 Å². The molecule has 0 saturated carbocycles. The summed E-state index contributed by atoms with van der Waals surface area (Å²) in [7, 11) is 0. The van der Waals surface area contributed by atoms with Gasteiger partial charge in [-0.25, -0.2) is 4.68 Å². The SMILES string of the molecule is CC(C)n1nc(C(=O)N2CCNC[C@@H]2C)c2ccccc2c1=O. The molecule has 1 aliphatic rings. The van der Waals surface area contributed by atoms with Gasteiger partial charge in [0, 0.05) is 31.1 Å². The normalized spacial score (nSPS) is 18.6. The van der Waals surface area contributed by atoms with E-state index >= 15 is 0 Å². The number of carbonyl (C=O) groups excluding carboxylic acids is 1. The van der Waals surface area contributed by atoms with E-state index in [-0.39, 0.29) is 23.6 Å². The van der Waals surface area contributed by atoms with Crippen LogP contribution in [-0.4, -0.2) is 46.3 Å². The van der Waals surface area contributed by atoms with Crippen LogP contribution in [0.1, 0.15) is 37.3 Å². The molecule has 1 atom stereocenters. The first-order chi connectivity index (χ1) is 11.0. The number of hydrogen-bond acceptors (Lipinski definition) is 4. The summed E-state index contributed by atoms with van der Waals surface area (Å²) < 4.78 is 1.41. The topological polar surface area (TPSA) is 67.2 Å². The zero-order valence-corrected chi connectivity index (χ0v) is 13.7. The van der Waals surface area contributed by atoms with Crippen molar-refractivity contribution >= 4 is 16.7 Å². The fourth-order valence-electron chi connectivity index (χ4n) is 2.99. The summed E-state index contributed by atoms with van der Waals surface area (Å²) in [5.41, 5.74) is 0.211. The lowest BCUT2D eigenvalue weighted by molar-refractivity contribution is 0.0649. The van der Waals surface area contributed by atoms with Crippen LogP contribution in [0.15, 0.2) is 29.1 Å². The van der Waals surface area contributed by atoms with Gasteiger partial charge in [-0.05, 0) is 26.8 Å². The number of benzene rings is 1. The van der Waals surface area contributed by atoms with E-state index in [9.17, 15) is 9.59 Å². The summed E-state index contributed by atoms with van der Waals surface area (Å²) in [5.74, 6) is -0.107. The molecule has 1 saturated heterocycles. The van der Waals surface area contributed by atoms with Crippen molar-refractivity contribution in [3.63, 3.8) is 0 Å². The van der Waals surface area contributed by atoms with Crippen molar-refractivity contribution in [3.05, 3.63) is 40.3 Å². The summed E-state index contributed by atoms with van der Waals surface area (Å²) >= 11 is 0. The lowest BCUT2D eigenvalue weighted by atomic mass is 10.1. The van der Waals surface area contributed by atoms with Crippen LogP contribution < -0.4 is 10.9 Å². The summed E-state index contributed by atoms with van der Waals surface area (Å²) in [4.78, 5) is 27.4. The monoisotopic (exact) mass is 314 g/mol. The third-order valence-electron chi connectivity index (χ3n) is 4.28. The first-order valence-electron chi connectivity index (χ1n) is 8.04. The van der Waals surface area contributed by atoms with Gasteiger partial charge in [-0.1, -0.05) is 18.2 Å². The van der Waals surface area contributed by atoms with E-state index in [1.807, 2.05) is 37.8 Å². The highest BCUT2D eigenvalue weighted by atomic mass is 16.2. The van der Waals surface area contributed by atoms with E-state index in [0.717, 1.165) is 13.1 Å². The maximum atomic E-state index is 13.0. The Morgan fingerprint density at radius 2 is 2.00 bits per heavy atom. The highest BCUT2D eigenvalue weighted by Crippen LogP contribution is 2.18. The quantitative estimate of drug-likeness (QED) is 0.910. The predicted octanol–water partition coefficient (Wildman–Crippen LogP) is 1.41. The van der Waals surface area contributed by atoms with Crippen LogP contribution in [0.25, 0.3) is 10.8 Å². The van der Waals surface area contributed by atoms with Crippen LogP contribution in [0, 0.1) is 0 Å². The van der Waals surface area contributed by atoms with Crippen molar-refractivity contribution < 1.29 is 4.79 Å². The van der Waals surface area contributed by atoms with E-state index in [1.54, 1.807) is 12.1 Å². The smallest absolute Gasteiger partial charge is 0.275 e. The molecule has 6 nitrogen and oxygen atoms in total. The third-order valence-corrected chi connectivity index (χ3v) is 4.28. The maximum absolute atomic E-state index is 13.0. The average molecular weight is 314 g/mol. The molecule has 1 aliphatic heterocycles. The predicted molar refractivity (Wildman–Crippen MR) is 89.8 cm³/mol. The van der Waals surface area contributed by atoms with Crippen LogP contribution in [-0.2, 0) is 0 Å². The Bertz CT molecular complexity index is 797. The summed E-state index contributed by atoms with van der Waals surface area (Å²) in [6.45, 7) is 8.00. The zero-order chi connectivity index (χ0) is 16.6. The molecule has 1 fully saturated rings. The minimum Gasteiger partial charge on any atom is -0.332 e. The minimum absolute atomic E-state index is 0.0981. The third kappa shape index (κ3) is 2.74. The Morgan fingerprint density at radius 3 is 2.65 bits per heavy atom. The Kier molecular flexibility index (Phi) is 4.17. The van der Waals surface area contributed by atoms with Crippen LogP contribution in [0.4, 0.5) is 0 Å². The van der Waals surface area contributed by atoms with Crippen molar-refractivity contribution in [3.8, 4) is 0 Å². The molecule has 0 radical (unpaired) electrons. The highest BCUT2D eigenvalue weighted by Gasteiger charge is 2.27. The first kappa shape index (κ1) is 15.7. The molecule has 0 aliphatic carbocycles. The van der Waals surface area contributed by atoms with Gasteiger partial charge in [0.15, 0.2) is 5.69 Å². The minimum atomic E-state index is -0.152. The summed E-state index contributed by atoms with van der Waals surface area (Å²) in [5, 5.41) is 8.85. The lowest BCUT2D eigenvalue weighted by Crippen LogP contribution is -2.52. The molecule has 1 aromatic carbocycles. The average Bonchev–Trinajstić information content (AvgIpc) is 2.55. The number of amides is 1. The lowest BCUT2D eigenvalue weighted by Gasteiger charge is -2.34. The van der Waals surface area contributed by atoms with Crippen LogP contribution in [0.5, 0.6) is 0 Å². The molecule has 2 aromatic rings. The summed E-state index contributed by atoms with van der Waals surface area (Å²) in [6, 6.07) is 7.22. The summed E-state index contributed by atoms with van der Waals surface area (Å²) in [6.07, 6.45) is 0. The number of nitrogens with zero attached hydrogens (tertiary/aromatic N) is 3. The largest absolute Gasteiger partial charge is 0.332 e. The standard InChI is InChI=1S/C17H22N4O2/c1-11(2)21-16(22)14-7-5-4-6-13(14)15(19-21)17(23)20-9-8-18-10-12(20)3/h4-7,11-12,18H,8-10H2,1-3H3/t12-/m0/s1.